The van der Waals surface area contributed by atoms with Gasteiger partial charge in [-0.25, -0.2) is 13.1 Å². The van der Waals surface area contributed by atoms with Crippen LogP contribution < -0.4 is 15.2 Å². The number of ether oxygens (including phenoxy) is 1. The molecule has 3 N–H and O–H groups in total. The molecule has 0 amide bonds. The first-order chi connectivity index (χ1) is 8.63. The summed E-state index contributed by atoms with van der Waals surface area (Å²) in [7, 11) is -2.27. The molecule has 1 aromatic rings. The number of rotatable bonds is 5. The van der Waals surface area contributed by atoms with Gasteiger partial charge < -0.3 is 10.5 Å². The fourth-order valence-electron chi connectivity index (χ4n) is 1.33. The van der Waals surface area contributed by atoms with E-state index in [0.29, 0.717) is 10.2 Å². The minimum absolute atomic E-state index is 0.0415. The molecule has 108 valence electrons. The van der Waals surface area contributed by atoms with Crippen LogP contribution in [0.1, 0.15) is 13.8 Å². The lowest BCUT2D eigenvalue weighted by atomic mass is 10.1. The van der Waals surface area contributed by atoms with Crippen molar-refractivity contribution in [2.45, 2.75) is 24.3 Å². The van der Waals surface area contributed by atoms with Gasteiger partial charge in [-0.3, -0.25) is 0 Å². The van der Waals surface area contributed by atoms with Crippen molar-refractivity contribution < 1.29 is 13.2 Å². The fraction of sp³-hybridized carbons (Fsp3) is 0.455. The first kappa shape index (κ1) is 16.7. The zero-order valence-electron chi connectivity index (χ0n) is 10.8. The highest BCUT2D eigenvalue weighted by Gasteiger charge is 2.27. The van der Waals surface area contributed by atoms with Crippen molar-refractivity contribution in [3.63, 3.8) is 0 Å². The summed E-state index contributed by atoms with van der Waals surface area (Å²) in [5, 5.41) is 0.219. The molecule has 0 unspecified atom stereocenters. The van der Waals surface area contributed by atoms with Gasteiger partial charge in [-0.15, -0.1) is 0 Å². The van der Waals surface area contributed by atoms with Gasteiger partial charge in [0.25, 0.3) is 0 Å². The SMILES string of the molecule is COc1cc(Br)c(S(=O)(=O)NC(C)(C)CN)cc1Cl. The van der Waals surface area contributed by atoms with E-state index in [0.717, 1.165) is 0 Å². The molecule has 0 fully saturated rings. The molecule has 0 aliphatic carbocycles. The Morgan fingerprint density at radius 2 is 2.05 bits per heavy atom. The van der Waals surface area contributed by atoms with Gasteiger partial charge in [0.05, 0.1) is 17.0 Å². The molecule has 0 aliphatic heterocycles. The Hall–Kier alpha value is -0.340. The van der Waals surface area contributed by atoms with Crippen molar-refractivity contribution in [3.8, 4) is 5.75 Å². The first-order valence-corrected chi connectivity index (χ1v) is 8.05. The quantitative estimate of drug-likeness (QED) is 0.831. The van der Waals surface area contributed by atoms with Gasteiger partial charge in [-0.2, -0.15) is 0 Å². The molecule has 0 aromatic heterocycles. The lowest BCUT2D eigenvalue weighted by molar-refractivity contribution is 0.414. The van der Waals surface area contributed by atoms with Crippen LogP contribution in [0.3, 0.4) is 0 Å². The second-order valence-electron chi connectivity index (χ2n) is 4.61. The third kappa shape index (κ3) is 4.06. The molecule has 0 atom stereocenters. The van der Waals surface area contributed by atoms with E-state index < -0.39 is 15.6 Å². The van der Waals surface area contributed by atoms with Crippen LogP contribution in [0.4, 0.5) is 0 Å². The number of nitrogens with one attached hydrogen (secondary N) is 1. The number of hydrogen-bond acceptors (Lipinski definition) is 4. The summed E-state index contributed by atoms with van der Waals surface area (Å²) in [6.07, 6.45) is 0. The van der Waals surface area contributed by atoms with E-state index in [-0.39, 0.29) is 16.5 Å². The molecular weight excluding hydrogens is 356 g/mol. The smallest absolute Gasteiger partial charge is 0.242 e. The molecule has 8 heteroatoms. The third-order valence-corrected chi connectivity index (χ3v) is 5.37. The topological polar surface area (TPSA) is 81.4 Å². The van der Waals surface area contributed by atoms with Crippen LogP contribution in [-0.2, 0) is 10.0 Å². The Morgan fingerprint density at radius 3 is 2.53 bits per heavy atom. The van der Waals surface area contributed by atoms with Gasteiger partial charge in [0.2, 0.25) is 10.0 Å². The Bertz CT molecular complexity index is 576. The van der Waals surface area contributed by atoms with Gasteiger partial charge in [0, 0.05) is 16.6 Å². The summed E-state index contributed by atoms with van der Waals surface area (Å²) < 4.78 is 32.5. The van der Waals surface area contributed by atoms with E-state index in [9.17, 15) is 8.42 Å². The number of sulfonamides is 1. The van der Waals surface area contributed by atoms with Gasteiger partial charge in [0.15, 0.2) is 0 Å². The molecule has 1 aromatic carbocycles. The van der Waals surface area contributed by atoms with Crippen molar-refractivity contribution in [1.29, 1.82) is 0 Å². The maximum atomic E-state index is 12.3. The maximum Gasteiger partial charge on any atom is 0.242 e. The van der Waals surface area contributed by atoms with Gasteiger partial charge in [-0.05, 0) is 41.9 Å². The second-order valence-corrected chi connectivity index (χ2v) is 7.52. The molecule has 0 bridgehead atoms. The zero-order chi connectivity index (χ0) is 14.8. The number of halogens is 2. The highest BCUT2D eigenvalue weighted by atomic mass is 79.9. The minimum Gasteiger partial charge on any atom is -0.495 e. The molecule has 0 spiro atoms. The largest absolute Gasteiger partial charge is 0.495 e. The van der Waals surface area contributed by atoms with Gasteiger partial charge >= 0.3 is 0 Å². The monoisotopic (exact) mass is 370 g/mol. The molecule has 0 aliphatic rings. The van der Waals surface area contributed by atoms with Crippen LogP contribution in [0.2, 0.25) is 5.02 Å². The van der Waals surface area contributed by atoms with Crippen molar-refractivity contribution in [2.24, 2.45) is 5.73 Å². The van der Waals surface area contributed by atoms with Crippen LogP contribution in [0.15, 0.2) is 21.5 Å². The fourth-order valence-corrected chi connectivity index (χ4v) is 4.11. The summed E-state index contributed by atoms with van der Waals surface area (Å²) in [5.74, 6) is 0.394. The zero-order valence-corrected chi connectivity index (χ0v) is 14.0. The van der Waals surface area contributed by atoms with Crippen molar-refractivity contribution >= 4 is 37.6 Å². The predicted molar refractivity (Wildman–Crippen MR) is 79.2 cm³/mol. The van der Waals surface area contributed by atoms with Crippen LogP contribution >= 0.6 is 27.5 Å². The molecule has 0 heterocycles. The second kappa shape index (κ2) is 5.97. The Balaban J connectivity index is 3.27. The highest BCUT2D eigenvalue weighted by molar-refractivity contribution is 9.10. The summed E-state index contributed by atoms with van der Waals surface area (Å²) in [6.45, 7) is 3.57. The molecule has 19 heavy (non-hydrogen) atoms. The third-order valence-electron chi connectivity index (χ3n) is 2.42. The van der Waals surface area contributed by atoms with Gasteiger partial charge in [0.1, 0.15) is 5.75 Å². The van der Waals surface area contributed by atoms with E-state index in [1.54, 1.807) is 13.8 Å². The number of benzene rings is 1. The Labute approximate surface area is 126 Å². The summed E-state index contributed by atoms with van der Waals surface area (Å²) in [4.78, 5) is 0.0415. The van der Waals surface area contributed by atoms with Crippen LogP contribution in [0.5, 0.6) is 5.75 Å². The van der Waals surface area contributed by atoms with E-state index >= 15 is 0 Å². The lowest BCUT2D eigenvalue weighted by Crippen LogP contribution is -2.48. The molecule has 0 saturated carbocycles. The standard InChI is InChI=1S/C11H16BrClN2O3S/c1-11(2,6-14)15-19(16,17)10-5-8(13)9(18-3)4-7(10)12/h4-5,15H,6,14H2,1-3H3. The van der Waals surface area contributed by atoms with Crippen LogP contribution in [0, 0.1) is 0 Å². The molecule has 0 radical (unpaired) electrons. The van der Waals surface area contributed by atoms with E-state index in [1.807, 2.05) is 0 Å². The van der Waals surface area contributed by atoms with Crippen molar-refractivity contribution in [1.82, 2.24) is 4.72 Å². The highest BCUT2D eigenvalue weighted by Crippen LogP contribution is 2.33. The van der Waals surface area contributed by atoms with Crippen LogP contribution in [0.25, 0.3) is 0 Å². The molecular formula is C11H16BrClN2O3S. The number of nitrogens with two attached hydrogens (primary N) is 1. The van der Waals surface area contributed by atoms with Gasteiger partial charge in [-0.1, -0.05) is 11.6 Å². The average Bonchev–Trinajstić information content (AvgIpc) is 2.30. The Morgan fingerprint density at radius 1 is 1.47 bits per heavy atom. The van der Waals surface area contributed by atoms with E-state index in [2.05, 4.69) is 20.7 Å². The Kier molecular flexibility index (Phi) is 5.25. The summed E-state index contributed by atoms with van der Waals surface area (Å²) >= 11 is 9.15. The normalized spacial score (nSPS) is 12.5. The molecule has 1 rings (SSSR count). The van der Waals surface area contributed by atoms with E-state index in [4.69, 9.17) is 22.1 Å². The molecule has 5 nitrogen and oxygen atoms in total. The average molecular weight is 372 g/mol. The summed E-state index contributed by atoms with van der Waals surface area (Å²) in [6, 6.07) is 2.84. The lowest BCUT2D eigenvalue weighted by Gasteiger charge is -2.24. The molecule has 0 saturated heterocycles. The minimum atomic E-state index is -3.73. The number of methoxy groups -OCH3 is 1. The van der Waals surface area contributed by atoms with Crippen molar-refractivity contribution in [3.05, 3.63) is 21.6 Å². The maximum absolute atomic E-state index is 12.3. The number of hydrogen-bond donors (Lipinski definition) is 2. The van der Waals surface area contributed by atoms with Crippen LogP contribution in [-0.4, -0.2) is 27.6 Å². The van der Waals surface area contributed by atoms with E-state index in [1.165, 1.54) is 19.2 Å². The first-order valence-electron chi connectivity index (χ1n) is 5.40. The summed E-state index contributed by atoms with van der Waals surface area (Å²) in [5.41, 5.74) is 4.78. The predicted octanol–water partition coefficient (Wildman–Crippen LogP) is 2.13. The van der Waals surface area contributed by atoms with Crippen molar-refractivity contribution in [2.75, 3.05) is 13.7 Å².